The fourth-order valence-electron chi connectivity index (χ4n) is 2.21. The van der Waals surface area contributed by atoms with Crippen molar-refractivity contribution in [2.24, 2.45) is 5.92 Å². The minimum atomic E-state index is 0.713. The molecule has 3 heteroatoms. The zero-order valence-electron chi connectivity index (χ0n) is 9.42. The maximum absolute atomic E-state index is 5.88. The Hall–Kier alpha value is -0.700. The van der Waals surface area contributed by atoms with Crippen LogP contribution < -0.4 is 10.5 Å². The van der Waals surface area contributed by atoms with E-state index < -0.39 is 0 Å². The quantitative estimate of drug-likeness (QED) is 0.852. The van der Waals surface area contributed by atoms with E-state index in [1.54, 1.807) is 0 Å². The molecular weight excluding hydrogens is 266 g/mol. The second-order valence-corrected chi connectivity index (χ2v) is 5.41. The van der Waals surface area contributed by atoms with Gasteiger partial charge in [-0.05, 0) is 37.0 Å². The zero-order valence-corrected chi connectivity index (χ0v) is 11.0. The van der Waals surface area contributed by atoms with Gasteiger partial charge in [0.15, 0.2) is 0 Å². The van der Waals surface area contributed by atoms with E-state index in [0.29, 0.717) is 5.69 Å². The molecule has 2 N–H and O–H groups in total. The normalized spacial score (nSPS) is 17.3. The Kier molecular flexibility index (Phi) is 4.10. The minimum Gasteiger partial charge on any atom is -0.491 e. The average molecular weight is 284 g/mol. The summed E-state index contributed by atoms with van der Waals surface area (Å²) in [5.74, 6) is 1.53. The molecule has 88 valence electrons. The summed E-state index contributed by atoms with van der Waals surface area (Å²) < 4.78 is 6.78. The highest BCUT2D eigenvalue weighted by molar-refractivity contribution is 9.10. The number of nitrogen functional groups attached to an aromatic ring is 1. The van der Waals surface area contributed by atoms with Gasteiger partial charge in [0, 0.05) is 4.47 Å². The van der Waals surface area contributed by atoms with Crippen molar-refractivity contribution in [3.63, 3.8) is 0 Å². The van der Waals surface area contributed by atoms with Gasteiger partial charge in [0.25, 0.3) is 0 Å². The average Bonchev–Trinajstić information content (AvgIpc) is 2.29. The molecule has 0 atom stereocenters. The van der Waals surface area contributed by atoms with Crippen LogP contribution in [-0.4, -0.2) is 6.61 Å². The molecule has 1 aliphatic carbocycles. The summed E-state index contributed by atoms with van der Waals surface area (Å²) in [6, 6.07) is 5.78. The number of hydrogen-bond acceptors (Lipinski definition) is 2. The largest absolute Gasteiger partial charge is 0.491 e. The van der Waals surface area contributed by atoms with E-state index in [0.717, 1.165) is 22.7 Å². The molecule has 0 heterocycles. The first kappa shape index (κ1) is 11.8. The lowest BCUT2D eigenvalue weighted by molar-refractivity contribution is 0.209. The van der Waals surface area contributed by atoms with Crippen molar-refractivity contribution in [2.45, 2.75) is 32.1 Å². The van der Waals surface area contributed by atoms with Crippen LogP contribution in [0.4, 0.5) is 5.69 Å². The van der Waals surface area contributed by atoms with Crippen LogP contribution in [-0.2, 0) is 0 Å². The van der Waals surface area contributed by atoms with Gasteiger partial charge < -0.3 is 10.5 Å². The summed E-state index contributed by atoms with van der Waals surface area (Å²) in [7, 11) is 0. The summed E-state index contributed by atoms with van der Waals surface area (Å²) in [4.78, 5) is 0. The van der Waals surface area contributed by atoms with Crippen molar-refractivity contribution in [2.75, 3.05) is 12.3 Å². The molecule has 0 saturated heterocycles. The molecule has 0 unspecified atom stereocenters. The van der Waals surface area contributed by atoms with Crippen LogP contribution in [0.15, 0.2) is 22.7 Å². The molecule has 0 spiro atoms. The first-order valence-electron chi connectivity index (χ1n) is 5.93. The summed E-state index contributed by atoms with van der Waals surface area (Å²) in [5.41, 5.74) is 6.60. The molecule has 1 aromatic rings. The van der Waals surface area contributed by atoms with Gasteiger partial charge in [0.05, 0.1) is 12.3 Å². The number of nitrogens with two attached hydrogens (primary N) is 1. The fraction of sp³-hybridized carbons (Fsp3) is 0.538. The highest BCUT2D eigenvalue weighted by atomic mass is 79.9. The van der Waals surface area contributed by atoms with Crippen LogP contribution in [0.5, 0.6) is 5.75 Å². The Morgan fingerprint density at radius 3 is 2.69 bits per heavy atom. The lowest BCUT2D eigenvalue weighted by Crippen LogP contribution is -2.15. The Bertz CT molecular complexity index is 348. The van der Waals surface area contributed by atoms with Gasteiger partial charge >= 0.3 is 0 Å². The fourth-order valence-corrected chi connectivity index (χ4v) is 2.59. The van der Waals surface area contributed by atoms with E-state index in [9.17, 15) is 0 Å². The van der Waals surface area contributed by atoms with Crippen molar-refractivity contribution < 1.29 is 4.74 Å². The lowest BCUT2D eigenvalue weighted by Gasteiger charge is -2.22. The van der Waals surface area contributed by atoms with Crippen molar-refractivity contribution in [3.05, 3.63) is 22.7 Å². The van der Waals surface area contributed by atoms with Crippen LogP contribution in [0.1, 0.15) is 32.1 Å². The van der Waals surface area contributed by atoms with Crippen molar-refractivity contribution in [1.82, 2.24) is 0 Å². The highest BCUT2D eigenvalue weighted by Gasteiger charge is 2.14. The molecule has 0 amide bonds. The standard InChI is InChI=1S/C13H18BrNO/c14-11-6-7-13(12(15)8-11)16-9-10-4-2-1-3-5-10/h6-8,10H,1-5,9,15H2. The van der Waals surface area contributed by atoms with Gasteiger partial charge in [0.2, 0.25) is 0 Å². The maximum Gasteiger partial charge on any atom is 0.142 e. The predicted octanol–water partition coefficient (Wildman–Crippen LogP) is 3.99. The number of anilines is 1. The van der Waals surface area contributed by atoms with Crippen LogP contribution in [0, 0.1) is 5.92 Å². The number of ether oxygens (including phenoxy) is 1. The Balaban J connectivity index is 1.88. The predicted molar refractivity (Wildman–Crippen MR) is 70.6 cm³/mol. The smallest absolute Gasteiger partial charge is 0.142 e. The van der Waals surface area contributed by atoms with Gasteiger partial charge in [-0.15, -0.1) is 0 Å². The minimum absolute atomic E-state index is 0.713. The number of rotatable bonds is 3. The van der Waals surface area contributed by atoms with E-state index in [1.807, 2.05) is 18.2 Å². The van der Waals surface area contributed by atoms with E-state index in [2.05, 4.69) is 15.9 Å². The van der Waals surface area contributed by atoms with Crippen molar-refractivity contribution >= 4 is 21.6 Å². The monoisotopic (exact) mass is 283 g/mol. The third-order valence-corrected chi connectivity index (χ3v) is 3.66. The zero-order chi connectivity index (χ0) is 11.4. The topological polar surface area (TPSA) is 35.2 Å². The van der Waals surface area contributed by atoms with Crippen LogP contribution >= 0.6 is 15.9 Å². The third-order valence-electron chi connectivity index (χ3n) is 3.17. The summed E-state index contributed by atoms with van der Waals surface area (Å²) >= 11 is 3.39. The SMILES string of the molecule is Nc1cc(Br)ccc1OCC1CCCCC1. The molecule has 16 heavy (non-hydrogen) atoms. The first-order chi connectivity index (χ1) is 7.75. The van der Waals surface area contributed by atoms with Gasteiger partial charge in [-0.1, -0.05) is 35.2 Å². The van der Waals surface area contributed by atoms with Crippen molar-refractivity contribution in [3.8, 4) is 5.75 Å². The second-order valence-electron chi connectivity index (χ2n) is 4.50. The first-order valence-corrected chi connectivity index (χ1v) is 6.73. The summed E-state index contributed by atoms with van der Waals surface area (Å²) in [5, 5.41) is 0. The molecule has 1 saturated carbocycles. The molecule has 1 aliphatic rings. The van der Waals surface area contributed by atoms with E-state index in [1.165, 1.54) is 32.1 Å². The van der Waals surface area contributed by atoms with Crippen LogP contribution in [0.2, 0.25) is 0 Å². The van der Waals surface area contributed by atoms with E-state index in [-0.39, 0.29) is 0 Å². The number of halogens is 1. The van der Waals surface area contributed by atoms with Crippen molar-refractivity contribution in [1.29, 1.82) is 0 Å². The van der Waals surface area contributed by atoms with Gasteiger partial charge in [-0.2, -0.15) is 0 Å². The summed E-state index contributed by atoms with van der Waals surface area (Å²) in [6.07, 6.45) is 6.69. The molecule has 2 nitrogen and oxygen atoms in total. The Morgan fingerprint density at radius 2 is 2.00 bits per heavy atom. The molecule has 2 rings (SSSR count). The molecule has 0 aromatic heterocycles. The molecule has 0 aliphatic heterocycles. The van der Waals surface area contributed by atoms with Crippen LogP contribution in [0.25, 0.3) is 0 Å². The summed E-state index contributed by atoms with van der Waals surface area (Å²) in [6.45, 7) is 0.811. The maximum atomic E-state index is 5.88. The molecule has 1 aromatic carbocycles. The molecule has 0 bridgehead atoms. The second kappa shape index (κ2) is 5.58. The van der Waals surface area contributed by atoms with Gasteiger partial charge in [-0.3, -0.25) is 0 Å². The third kappa shape index (κ3) is 3.14. The molecule has 1 fully saturated rings. The van der Waals surface area contributed by atoms with Gasteiger partial charge in [0.1, 0.15) is 5.75 Å². The van der Waals surface area contributed by atoms with Crippen LogP contribution in [0.3, 0.4) is 0 Å². The molecule has 0 radical (unpaired) electrons. The number of hydrogen-bond donors (Lipinski definition) is 1. The highest BCUT2D eigenvalue weighted by Crippen LogP contribution is 2.28. The van der Waals surface area contributed by atoms with E-state index in [4.69, 9.17) is 10.5 Å². The Labute approximate surface area is 105 Å². The Morgan fingerprint density at radius 1 is 1.25 bits per heavy atom. The lowest BCUT2D eigenvalue weighted by atomic mass is 9.90. The molecular formula is C13H18BrNO. The number of benzene rings is 1. The van der Waals surface area contributed by atoms with Gasteiger partial charge in [-0.25, -0.2) is 0 Å². The van der Waals surface area contributed by atoms with E-state index >= 15 is 0 Å².